The molecule has 3 aliphatic rings. The van der Waals surface area contributed by atoms with E-state index < -0.39 is 59.7 Å². The number of nitrogens with zero attached hydrogens (tertiary/aromatic N) is 1. The fourth-order valence-corrected chi connectivity index (χ4v) is 7.59. The molecule has 14 nitrogen and oxygen atoms in total. The Morgan fingerprint density at radius 2 is 1.83 bits per heavy atom. The number of methoxy groups -OCH3 is 1. The maximum Gasteiger partial charge on any atom is 0.408 e. The van der Waals surface area contributed by atoms with Crippen molar-refractivity contribution in [2.75, 3.05) is 12.4 Å². The summed E-state index contributed by atoms with van der Waals surface area (Å²) in [5, 5.41) is 22.2. The Morgan fingerprint density at radius 3 is 2.55 bits per heavy atom. The number of aliphatic hydroxyl groups is 1. The number of aliphatic hydroxyl groups excluding tert-OH is 1. The normalized spacial score (nSPS) is 22.0. The highest BCUT2D eigenvalue weighted by Gasteiger charge is 2.61. The summed E-state index contributed by atoms with van der Waals surface area (Å²) in [6.07, 6.45) is -2.83. The van der Waals surface area contributed by atoms with Crippen molar-refractivity contribution in [2.45, 2.75) is 69.7 Å². The summed E-state index contributed by atoms with van der Waals surface area (Å²) in [7, 11) is 1.15. The monoisotopic (exact) mass is 787 g/mol. The molecule has 1 aromatic heterocycles. The van der Waals surface area contributed by atoms with Gasteiger partial charge in [-0.1, -0.05) is 68.4 Å². The average Bonchev–Trinajstić information content (AvgIpc) is 3.81. The van der Waals surface area contributed by atoms with Gasteiger partial charge in [0.25, 0.3) is 5.91 Å². The molecule has 6 atom stereocenters. The van der Waals surface area contributed by atoms with Gasteiger partial charge in [-0.15, -0.1) is 0 Å². The lowest BCUT2D eigenvalue weighted by Gasteiger charge is -2.29. The molecule has 0 saturated heterocycles. The largest absolute Gasteiger partial charge is 0.469 e. The van der Waals surface area contributed by atoms with Gasteiger partial charge in [0.05, 0.1) is 18.9 Å². The molecule has 0 aliphatic carbocycles. The number of halogens is 1. The van der Waals surface area contributed by atoms with Crippen LogP contribution in [0.25, 0.3) is 0 Å². The van der Waals surface area contributed by atoms with Crippen molar-refractivity contribution in [3.63, 3.8) is 0 Å². The van der Waals surface area contributed by atoms with E-state index in [0.29, 0.717) is 28.1 Å². The second-order valence-electron chi connectivity index (χ2n) is 13.6. The first-order valence-corrected chi connectivity index (χ1v) is 17.9. The SMILES string of the molecule is COC(=O)[C@@H](NC(=O)c1nc2oc1C13c4cc(ccc4O[C@@H]1Nc1c(Br)cccc13)C[C@H](NC(=O)OCc1ccccc1)C(=O)N[C@H]2C(C)C)[C@@H](C)O. The van der Waals surface area contributed by atoms with Gasteiger partial charge in [0.1, 0.15) is 29.9 Å². The smallest absolute Gasteiger partial charge is 0.408 e. The van der Waals surface area contributed by atoms with Gasteiger partial charge in [-0.25, -0.2) is 14.6 Å². The Hall–Kier alpha value is -5.41. The van der Waals surface area contributed by atoms with Crippen LogP contribution in [0.5, 0.6) is 5.75 Å². The zero-order chi connectivity index (χ0) is 37.6. The molecule has 1 spiro atoms. The quantitative estimate of drug-likeness (QED) is 0.161. The summed E-state index contributed by atoms with van der Waals surface area (Å²) in [5.74, 6) is -1.93. The van der Waals surface area contributed by atoms with E-state index >= 15 is 0 Å². The summed E-state index contributed by atoms with van der Waals surface area (Å²) in [5.41, 5.74) is 2.00. The molecular weight excluding hydrogens is 750 g/mol. The van der Waals surface area contributed by atoms with Gasteiger partial charge in [0.15, 0.2) is 23.7 Å². The van der Waals surface area contributed by atoms with Gasteiger partial charge < -0.3 is 45.0 Å². The van der Waals surface area contributed by atoms with E-state index in [1.54, 1.807) is 12.1 Å². The van der Waals surface area contributed by atoms with Crippen molar-refractivity contribution in [3.8, 4) is 5.75 Å². The van der Waals surface area contributed by atoms with E-state index in [1.807, 2.05) is 68.4 Å². The van der Waals surface area contributed by atoms with Gasteiger partial charge in [-0.05, 0) is 52.0 Å². The topological polar surface area (TPSA) is 190 Å². The Kier molecular flexibility index (Phi) is 9.63. The number of ether oxygens (including phenoxy) is 3. The molecule has 4 heterocycles. The number of oxazole rings is 1. The molecule has 0 radical (unpaired) electrons. The van der Waals surface area contributed by atoms with Crippen molar-refractivity contribution in [1.29, 1.82) is 0 Å². The van der Waals surface area contributed by atoms with E-state index in [4.69, 9.17) is 23.6 Å². The third-order valence-electron chi connectivity index (χ3n) is 9.75. The van der Waals surface area contributed by atoms with Gasteiger partial charge in [-0.2, -0.15) is 0 Å². The van der Waals surface area contributed by atoms with Gasteiger partial charge >= 0.3 is 12.1 Å². The molecule has 3 amide bonds. The maximum atomic E-state index is 14.3. The van der Waals surface area contributed by atoms with Gasteiger partial charge in [0, 0.05) is 22.0 Å². The molecule has 4 aromatic rings. The Balaban J connectivity index is 1.38. The number of carbonyl (C=O) groups is 4. The minimum Gasteiger partial charge on any atom is -0.469 e. The predicted molar refractivity (Wildman–Crippen MR) is 193 cm³/mol. The Bertz CT molecular complexity index is 2090. The maximum absolute atomic E-state index is 14.3. The van der Waals surface area contributed by atoms with Crippen molar-refractivity contribution < 1.29 is 42.9 Å². The number of carbonyl (C=O) groups excluding carboxylic acids is 4. The number of nitrogens with one attached hydrogen (secondary N) is 4. The first-order chi connectivity index (χ1) is 25.4. The minimum absolute atomic E-state index is 0.00678. The number of hydrogen-bond acceptors (Lipinski definition) is 11. The van der Waals surface area contributed by atoms with Crippen LogP contribution in [0.4, 0.5) is 10.5 Å². The number of rotatable bonds is 8. The zero-order valence-corrected chi connectivity index (χ0v) is 30.9. The van der Waals surface area contributed by atoms with Crippen molar-refractivity contribution in [3.05, 3.63) is 111 Å². The molecule has 0 fully saturated rings. The van der Waals surface area contributed by atoms with Crippen LogP contribution in [0.1, 0.15) is 71.2 Å². The lowest BCUT2D eigenvalue weighted by molar-refractivity contribution is -0.145. The number of esters is 1. The number of amides is 3. The van der Waals surface area contributed by atoms with E-state index in [9.17, 15) is 24.3 Å². The van der Waals surface area contributed by atoms with Crippen LogP contribution in [-0.2, 0) is 37.5 Å². The number of para-hydroxylation sites is 1. The molecule has 3 aromatic carbocycles. The molecule has 3 aliphatic heterocycles. The van der Waals surface area contributed by atoms with Crippen molar-refractivity contribution in [1.82, 2.24) is 20.9 Å². The highest BCUT2D eigenvalue weighted by molar-refractivity contribution is 9.10. The van der Waals surface area contributed by atoms with Gasteiger partial charge in [0.2, 0.25) is 11.8 Å². The van der Waals surface area contributed by atoms with Gasteiger partial charge in [-0.3, -0.25) is 9.59 Å². The Labute approximate surface area is 313 Å². The van der Waals surface area contributed by atoms with Crippen LogP contribution in [0.15, 0.2) is 75.6 Å². The van der Waals surface area contributed by atoms with Crippen LogP contribution >= 0.6 is 15.9 Å². The third-order valence-corrected chi connectivity index (χ3v) is 10.4. The fourth-order valence-electron chi connectivity index (χ4n) is 7.11. The second kappa shape index (κ2) is 14.2. The molecule has 1 unspecified atom stereocenters. The first kappa shape index (κ1) is 36.0. The second-order valence-corrected chi connectivity index (χ2v) is 14.4. The molecule has 7 rings (SSSR count). The lowest BCUT2D eigenvalue weighted by atomic mass is 9.72. The Morgan fingerprint density at radius 1 is 1.06 bits per heavy atom. The molecule has 4 bridgehead atoms. The molecule has 53 heavy (non-hydrogen) atoms. The van der Waals surface area contributed by atoms with E-state index in [-0.39, 0.29) is 36.3 Å². The summed E-state index contributed by atoms with van der Waals surface area (Å²) >= 11 is 3.65. The standard InChI is InChI=1S/C38H38BrN5O9/c1-18(2)27-34-43-30(33(47)42-28(19(3)45)35(48)50-4)31(53-34)38-22-11-8-12-24(39)29(22)44-36(38)52-26-14-13-21(15-23(26)38)16-25(32(46)41-27)40-37(49)51-17-20-9-6-5-7-10-20/h5-15,18-19,25,27-28,36,44-45H,16-17H2,1-4H3,(H,40,49)(H,41,46)(H,42,47)/t19-,25+,27+,28+,36+,38?/m1/s1. The molecule has 0 saturated carbocycles. The summed E-state index contributed by atoms with van der Waals surface area (Å²) in [6, 6.07) is 16.9. The zero-order valence-electron chi connectivity index (χ0n) is 29.3. The molecular formula is C38H38BrN5O9. The summed E-state index contributed by atoms with van der Waals surface area (Å²) in [6.45, 7) is 5.06. The predicted octanol–water partition coefficient (Wildman–Crippen LogP) is 4.23. The fraction of sp³-hybridized carbons (Fsp3) is 0.342. The molecule has 276 valence electrons. The third kappa shape index (κ3) is 6.37. The summed E-state index contributed by atoms with van der Waals surface area (Å²) < 4.78 is 24.3. The number of fused-ring (bicyclic) bond motifs is 4. The molecule has 15 heteroatoms. The van der Waals surface area contributed by atoms with Crippen LogP contribution in [0.2, 0.25) is 0 Å². The minimum atomic E-state index is -1.42. The van der Waals surface area contributed by atoms with E-state index in [2.05, 4.69) is 37.2 Å². The highest BCUT2D eigenvalue weighted by Crippen LogP contribution is 2.59. The van der Waals surface area contributed by atoms with Crippen molar-refractivity contribution >= 4 is 45.5 Å². The van der Waals surface area contributed by atoms with Crippen LogP contribution < -0.4 is 26.0 Å². The number of hydrogen-bond donors (Lipinski definition) is 5. The number of anilines is 1. The first-order valence-electron chi connectivity index (χ1n) is 17.1. The number of aromatic nitrogens is 1. The lowest BCUT2D eigenvalue weighted by Crippen LogP contribution is -2.49. The van der Waals surface area contributed by atoms with Crippen LogP contribution in [-0.4, -0.2) is 65.5 Å². The molecule has 5 N–H and O–H groups in total. The van der Waals surface area contributed by atoms with E-state index in [1.165, 1.54) is 6.92 Å². The van der Waals surface area contributed by atoms with Crippen LogP contribution in [0.3, 0.4) is 0 Å². The number of alkyl carbamates (subject to hydrolysis) is 1. The number of benzene rings is 3. The highest BCUT2D eigenvalue weighted by atomic mass is 79.9. The van der Waals surface area contributed by atoms with Crippen molar-refractivity contribution in [2.24, 2.45) is 5.92 Å². The summed E-state index contributed by atoms with van der Waals surface area (Å²) in [4.78, 5) is 58.9. The van der Waals surface area contributed by atoms with Crippen LogP contribution in [0, 0.1) is 5.92 Å². The average molecular weight is 789 g/mol. The van der Waals surface area contributed by atoms with E-state index in [0.717, 1.165) is 17.1 Å².